The van der Waals surface area contributed by atoms with Crippen LogP contribution < -0.4 is 0 Å². The first kappa shape index (κ1) is 15.1. The van der Waals surface area contributed by atoms with E-state index in [1.54, 1.807) is 6.33 Å². The van der Waals surface area contributed by atoms with E-state index in [9.17, 15) is 0 Å². The number of hydrogen-bond acceptors (Lipinski definition) is 2. The molecule has 1 aromatic heterocycles. The summed E-state index contributed by atoms with van der Waals surface area (Å²) in [5.74, 6) is 0. The predicted molar refractivity (Wildman–Crippen MR) is 78.1 cm³/mol. The molecule has 2 nitrogen and oxygen atoms in total. The zero-order chi connectivity index (χ0) is 14.4. The fourth-order valence-electron chi connectivity index (χ4n) is 2.23. The van der Waals surface area contributed by atoms with Crippen LogP contribution >= 0.6 is 0 Å². The minimum atomic E-state index is 0.0472. The Labute approximate surface area is 112 Å². The van der Waals surface area contributed by atoms with Crippen LogP contribution in [0.1, 0.15) is 79.3 Å². The molecule has 0 amide bonds. The van der Waals surface area contributed by atoms with E-state index in [1.807, 2.05) is 0 Å². The third-order valence-corrected chi connectivity index (χ3v) is 3.02. The maximum absolute atomic E-state index is 4.58. The highest BCUT2D eigenvalue weighted by atomic mass is 14.9. The summed E-state index contributed by atoms with van der Waals surface area (Å²) in [4.78, 5) is 9.16. The van der Waals surface area contributed by atoms with Crippen LogP contribution in [0.3, 0.4) is 0 Å². The Morgan fingerprint density at radius 1 is 0.611 bits per heavy atom. The molecule has 18 heavy (non-hydrogen) atoms. The van der Waals surface area contributed by atoms with Gasteiger partial charge in [-0.2, -0.15) is 0 Å². The average molecular weight is 248 g/mol. The minimum absolute atomic E-state index is 0.0472. The molecule has 0 saturated heterocycles. The van der Waals surface area contributed by atoms with E-state index < -0.39 is 0 Å². The van der Waals surface area contributed by atoms with Crippen molar-refractivity contribution in [2.75, 3.05) is 0 Å². The van der Waals surface area contributed by atoms with Gasteiger partial charge in [0, 0.05) is 16.4 Å². The molecule has 1 rings (SSSR count). The molecule has 0 aliphatic rings. The van der Waals surface area contributed by atoms with Crippen LogP contribution in [-0.4, -0.2) is 9.97 Å². The van der Waals surface area contributed by atoms with Crippen molar-refractivity contribution in [2.45, 2.75) is 78.6 Å². The molecule has 0 aliphatic carbocycles. The molecule has 1 heterocycles. The van der Waals surface area contributed by atoms with Gasteiger partial charge in [-0.05, 0) is 5.41 Å². The Morgan fingerprint density at radius 3 is 1.17 bits per heavy atom. The smallest absolute Gasteiger partial charge is 0.116 e. The molecule has 0 bridgehead atoms. The maximum Gasteiger partial charge on any atom is 0.116 e. The van der Waals surface area contributed by atoms with Crippen molar-refractivity contribution in [3.8, 4) is 0 Å². The Hall–Kier alpha value is -0.920. The molecule has 0 unspecified atom stereocenters. The lowest BCUT2D eigenvalue weighted by Crippen LogP contribution is -2.30. The average Bonchev–Trinajstić information content (AvgIpc) is 2.12. The summed E-state index contributed by atoms with van der Waals surface area (Å²) in [6, 6.07) is 0. The largest absolute Gasteiger partial charge is 0.241 e. The van der Waals surface area contributed by atoms with Gasteiger partial charge < -0.3 is 0 Å². The van der Waals surface area contributed by atoms with E-state index in [0.717, 1.165) is 0 Å². The molecule has 0 N–H and O–H groups in total. The van der Waals surface area contributed by atoms with Crippen LogP contribution in [0, 0.1) is 0 Å². The van der Waals surface area contributed by atoms with Crippen LogP contribution in [0.25, 0.3) is 0 Å². The summed E-state index contributed by atoms with van der Waals surface area (Å²) in [6.45, 7) is 20.1. The molecular weight excluding hydrogens is 220 g/mol. The highest BCUT2D eigenvalue weighted by Crippen LogP contribution is 2.37. The van der Waals surface area contributed by atoms with Crippen LogP contribution in [-0.2, 0) is 16.2 Å². The summed E-state index contributed by atoms with van der Waals surface area (Å²) in [6.07, 6.45) is 1.72. The third-order valence-electron chi connectivity index (χ3n) is 3.02. The quantitative estimate of drug-likeness (QED) is 0.681. The van der Waals surface area contributed by atoms with E-state index in [4.69, 9.17) is 0 Å². The Morgan fingerprint density at radius 2 is 0.944 bits per heavy atom. The van der Waals surface area contributed by atoms with Gasteiger partial charge in [-0.1, -0.05) is 62.3 Å². The highest BCUT2D eigenvalue weighted by molar-refractivity contribution is 5.38. The number of hydrogen-bond donors (Lipinski definition) is 0. The van der Waals surface area contributed by atoms with Gasteiger partial charge in [-0.3, -0.25) is 0 Å². The number of rotatable bonds is 0. The van der Waals surface area contributed by atoms with Gasteiger partial charge in [0.05, 0.1) is 11.4 Å². The zero-order valence-electron chi connectivity index (χ0n) is 13.5. The first-order valence-electron chi connectivity index (χ1n) is 6.71. The number of nitrogens with zero attached hydrogens (tertiary/aromatic N) is 2. The SMILES string of the molecule is CC(C)(C)c1ncnc(C(C)(C)C)c1C(C)(C)C. The molecule has 0 aromatic carbocycles. The molecule has 0 fully saturated rings. The summed E-state index contributed by atoms with van der Waals surface area (Å²) in [7, 11) is 0. The fraction of sp³-hybridized carbons (Fsp3) is 0.750. The second-order valence-electron chi connectivity index (χ2n) is 8.20. The van der Waals surface area contributed by atoms with Gasteiger partial charge >= 0.3 is 0 Å². The van der Waals surface area contributed by atoms with Crippen LogP contribution in [0.5, 0.6) is 0 Å². The predicted octanol–water partition coefficient (Wildman–Crippen LogP) is 4.37. The van der Waals surface area contributed by atoms with E-state index in [1.165, 1.54) is 17.0 Å². The third kappa shape index (κ3) is 3.09. The van der Waals surface area contributed by atoms with E-state index in [2.05, 4.69) is 72.3 Å². The van der Waals surface area contributed by atoms with Crippen molar-refractivity contribution >= 4 is 0 Å². The van der Waals surface area contributed by atoms with Crippen LogP contribution in [0.2, 0.25) is 0 Å². The lowest BCUT2D eigenvalue weighted by atomic mass is 9.73. The molecule has 102 valence electrons. The van der Waals surface area contributed by atoms with Gasteiger partial charge in [-0.25, -0.2) is 9.97 Å². The fourth-order valence-corrected chi connectivity index (χ4v) is 2.23. The summed E-state index contributed by atoms with van der Waals surface area (Å²) in [5.41, 5.74) is 3.82. The Bertz CT molecular complexity index is 394. The highest BCUT2D eigenvalue weighted by Gasteiger charge is 2.33. The molecule has 2 heteroatoms. The van der Waals surface area contributed by atoms with Crippen LogP contribution in [0.15, 0.2) is 6.33 Å². The van der Waals surface area contributed by atoms with Gasteiger partial charge in [0.15, 0.2) is 0 Å². The standard InChI is InChI=1S/C16H28N2/c1-14(2,3)11-12(15(4,5)6)17-10-18-13(11)16(7,8)9/h10H,1-9H3. The van der Waals surface area contributed by atoms with Crippen molar-refractivity contribution in [3.05, 3.63) is 23.3 Å². The molecular formula is C16H28N2. The van der Waals surface area contributed by atoms with Crippen molar-refractivity contribution < 1.29 is 0 Å². The maximum atomic E-state index is 4.58. The second kappa shape index (κ2) is 4.32. The van der Waals surface area contributed by atoms with Gasteiger partial charge in [-0.15, -0.1) is 0 Å². The van der Waals surface area contributed by atoms with Crippen molar-refractivity contribution in [3.63, 3.8) is 0 Å². The van der Waals surface area contributed by atoms with Gasteiger partial charge in [0.25, 0.3) is 0 Å². The molecule has 0 atom stereocenters. The molecule has 0 aliphatic heterocycles. The Kier molecular flexibility index (Phi) is 3.64. The van der Waals surface area contributed by atoms with Crippen molar-refractivity contribution in [1.29, 1.82) is 0 Å². The first-order valence-corrected chi connectivity index (χ1v) is 6.71. The topological polar surface area (TPSA) is 25.8 Å². The second-order valence-corrected chi connectivity index (χ2v) is 8.20. The first-order chi connectivity index (χ1) is 7.85. The normalized spacial score (nSPS) is 13.8. The monoisotopic (exact) mass is 248 g/mol. The molecule has 0 radical (unpaired) electrons. The minimum Gasteiger partial charge on any atom is -0.241 e. The van der Waals surface area contributed by atoms with E-state index >= 15 is 0 Å². The Balaban J connectivity index is 3.68. The summed E-state index contributed by atoms with van der Waals surface area (Å²) >= 11 is 0. The van der Waals surface area contributed by atoms with Gasteiger partial charge in [0.2, 0.25) is 0 Å². The number of aromatic nitrogens is 2. The van der Waals surface area contributed by atoms with Gasteiger partial charge in [0.1, 0.15) is 6.33 Å². The lowest BCUT2D eigenvalue weighted by Gasteiger charge is -2.34. The summed E-state index contributed by atoms with van der Waals surface area (Å²) in [5, 5.41) is 0. The summed E-state index contributed by atoms with van der Waals surface area (Å²) < 4.78 is 0. The zero-order valence-corrected chi connectivity index (χ0v) is 13.5. The lowest BCUT2D eigenvalue weighted by molar-refractivity contribution is 0.472. The molecule has 1 aromatic rings. The van der Waals surface area contributed by atoms with Crippen molar-refractivity contribution in [1.82, 2.24) is 9.97 Å². The molecule has 0 spiro atoms. The van der Waals surface area contributed by atoms with E-state index in [0.29, 0.717) is 0 Å². The van der Waals surface area contributed by atoms with Crippen molar-refractivity contribution in [2.24, 2.45) is 0 Å². The van der Waals surface area contributed by atoms with E-state index in [-0.39, 0.29) is 16.2 Å². The van der Waals surface area contributed by atoms with Crippen LogP contribution in [0.4, 0.5) is 0 Å². The molecule has 0 saturated carbocycles.